The van der Waals surface area contributed by atoms with Crippen molar-refractivity contribution < 1.29 is 72.5 Å². The third-order valence-electron chi connectivity index (χ3n) is 14.0. The lowest BCUT2D eigenvalue weighted by Gasteiger charge is -2.29. The highest BCUT2D eigenvalue weighted by Crippen LogP contribution is 2.21. The molecular formula is C55H94N16O15. The maximum atomic E-state index is 14.5. The zero-order valence-electron chi connectivity index (χ0n) is 50.3. The summed E-state index contributed by atoms with van der Waals surface area (Å²) in [4.78, 5) is 166. The Hall–Kier alpha value is -7.42. The molecule has 23 N–H and O–H groups in total. The topological polar surface area (TPSA) is 517 Å². The Morgan fingerprint density at radius 3 is 1.64 bits per heavy atom. The van der Waals surface area contributed by atoms with Crippen LogP contribution in [0.1, 0.15) is 105 Å². The quantitative estimate of drug-likeness (QED) is 0.0364. The molecule has 0 spiro atoms. The number of hydrogen-bond acceptors (Lipinski definition) is 20. The first-order chi connectivity index (χ1) is 40.6. The number of benzene rings is 1. The number of rotatable bonds is 27. The lowest BCUT2D eigenvalue weighted by Crippen LogP contribution is -2.62. The van der Waals surface area contributed by atoms with Crippen LogP contribution in [0.4, 0.5) is 0 Å². The summed E-state index contributed by atoms with van der Waals surface area (Å²) in [5.74, 6) is -11.2. The summed E-state index contributed by atoms with van der Waals surface area (Å²) in [7, 11) is 0. The van der Waals surface area contributed by atoms with Crippen molar-refractivity contribution in [2.24, 2.45) is 40.0 Å². The zero-order chi connectivity index (χ0) is 64.8. The van der Waals surface area contributed by atoms with E-state index in [1.165, 1.54) is 6.92 Å². The summed E-state index contributed by atoms with van der Waals surface area (Å²) in [5, 5.41) is 49.0. The highest BCUT2D eigenvalue weighted by atomic mass is 16.5. The van der Waals surface area contributed by atoms with Crippen molar-refractivity contribution in [2.45, 2.75) is 179 Å². The molecule has 0 bridgehead atoms. The van der Waals surface area contributed by atoms with Crippen LogP contribution in [-0.4, -0.2) is 200 Å². The summed E-state index contributed by atoms with van der Waals surface area (Å²) in [6.45, 7) is 8.98. The van der Waals surface area contributed by atoms with E-state index in [0.29, 0.717) is 12.0 Å². The average molecular weight is 1220 g/mol. The number of nitrogens with two attached hydrogens (primary N) is 5. The van der Waals surface area contributed by atoms with E-state index in [4.69, 9.17) is 33.4 Å². The molecule has 0 aliphatic carbocycles. The van der Waals surface area contributed by atoms with Crippen LogP contribution < -0.4 is 87.2 Å². The van der Waals surface area contributed by atoms with Crippen LogP contribution in [0.25, 0.3) is 0 Å². The van der Waals surface area contributed by atoms with E-state index in [-0.39, 0.29) is 83.6 Å². The van der Waals surface area contributed by atoms with Crippen molar-refractivity contribution in [3.63, 3.8) is 0 Å². The Kier molecular flexibility index (Phi) is 32.9. The molecule has 11 amide bonds. The summed E-state index contributed by atoms with van der Waals surface area (Å²) in [5.41, 5.74) is 29.1. The largest absolute Gasteiger partial charge is 0.465 e. The second-order valence-corrected chi connectivity index (χ2v) is 22.1. The predicted octanol–water partition coefficient (Wildman–Crippen LogP) is -6.87. The number of aliphatic hydroxyl groups is 2. The van der Waals surface area contributed by atoms with Gasteiger partial charge in [-0.25, -0.2) is 0 Å². The normalized spacial score (nSPS) is 22.5. The van der Waals surface area contributed by atoms with E-state index < -0.39 is 168 Å². The fourth-order valence-corrected chi connectivity index (χ4v) is 8.51. The Labute approximate surface area is 501 Å². The minimum absolute atomic E-state index is 0.0332. The van der Waals surface area contributed by atoms with E-state index in [9.17, 15) is 67.7 Å². The van der Waals surface area contributed by atoms with E-state index in [1.807, 2.05) is 0 Å². The van der Waals surface area contributed by atoms with Gasteiger partial charge in [0.2, 0.25) is 65.0 Å². The van der Waals surface area contributed by atoms with Crippen molar-refractivity contribution in [1.82, 2.24) is 58.5 Å². The van der Waals surface area contributed by atoms with Crippen molar-refractivity contribution >= 4 is 70.9 Å². The second-order valence-electron chi connectivity index (χ2n) is 22.1. The Morgan fingerprint density at radius 1 is 0.628 bits per heavy atom. The van der Waals surface area contributed by atoms with Crippen LogP contribution >= 0.6 is 0 Å². The highest BCUT2D eigenvalue weighted by molar-refractivity contribution is 5.99. The van der Waals surface area contributed by atoms with E-state index in [0.717, 1.165) is 6.92 Å². The first-order valence-electron chi connectivity index (χ1n) is 29.0. The van der Waals surface area contributed by atoms with Gasteiger partial charge in [-0.1, -0.05) is 51.1 Å². The van der Waals surface area contributed by atoms with Gasteiger partial charge in [0.05, 0.1) is 24.0 Å². The molecule has 31 heteroatoms. The van der Waals surface area contributed by atoms with Gasteiger partial charge in [-0.15, -0.1) is 0 Å². The first-order valence-corrected chi connectivity index (χ1v) is 29.0. The van der Waals surface area contributed by atoms with Gasteiger partial charge in [0.25, 0.3) is 0 Å². The third kappa shape index (κ3) is 25.3. The first kappa shape index (κ1) is 74.7. The summed E-state index contributed by atoms with van der Waals surface area (Å²) in [6.07, 6.45) is -4.58. The van der Waals surface area contributed by atoms with E-state index in [2.05, 4.69) is 58.5 Å². The van der Waals surface area contributed by atoms with Gasteiger partial charge in [-0.2, -0.15) is 0 Å². The van der Waals surface area contributed by atoms with Crippen molar-refractivity contribution in [3.8, 4) is 0 Å². The number of esters is 1. The van der Waals surface area contributed by atoms with Gasteiger partial charge in [0.15, 0.2) is 0 Å². The fraction of sp³-hybridized carbons (Fsp3) is 0.673. The van der Waals surface area contributed by atoms with Gasteiger partial charge in [-0.3, -0.25) is 57.5 Å². The molecule has 1 fully saturated rings. The SMILES string of the molecule is CCC(C)(C)C(=O)OCCC(=O)N[C@@H](CN)C(=O)N[C@H](C(=O)N[C@@H](CCN)C(=O)N[C@H]1CCNC(=O)[C@H](C(C)O)NC(=O)[C@H](CCN)NC(=O)[C@H](CCN)NC(=O)[C@H](CC(C)C)NC(=O)[C@@H](Cc2ccccc2)NC(=O)[C@H](CCN)NC1=O)C(C)O. The lowest BCUT2D eigenvalue weighted by atomic mass is 9.91. The third-order valence-corrected chi connectivity index (χ3v) is 14.0. The monoisotopic (exact) mass is 1220 g/mol. The van der Waals surface area contributed by atoms with Crippen LogP contribution in [0.2, 0.25) is 0 Å². The summed E-state index contributed by atoms with van der Waals surface area (Å²) >= 11 is 0. The van der Waals surface area contributed by atoms with E-state index in [1.54, 1.807) is 65.0 Å². The number of carbonyl (C=O) groups is 12. The molecule has 484 valence electrons. The van der Waals surface area contributed by atoms with Gasteiger partial charge in [-0.05, 0) is 110 Å². The van der Waals surface area contributed by atoms with Gasteiger partial charge in [0, 0.05) is 19.5 Å². The van der Waals surface area contributed by atoms with Gasteiger partial charge >= 0.3 is 5.97 Å². The number of nitrogens with one attached hydrogen (secondary N) is 11. The molecule has 0 aromatic heterocycles. The Balaban J connectivity index is 2.65. The van der Waals surface area contributed by atoms with Crippen LogP contribution in [0.5, 0.6) is 0 Å². The molecule has 2 unspecified atom stereocenters. The lowest BCUT2D eigenvalue weighted by molar-refractivity contribution is -0.154. The molecule has 1 saturated heterocycles. The molecule has 86 heavy (non-hydrogen) atoms. The number of amides is 11. The highest BCUT2D eigenvalue weighted by Gasteiger charge is 2.38. The summed E-state index contributed by atoms with van der Waals surface area (Å²) in [6, 6.07) is -6.83. The van der Waals surface area contributed by atoms with Crippen molar-refractivity contribution in [2.75, 3.05) is 45.9 Å². The minimum Gasteiger partial charge on any atom is -0.465 e. The van der Waals surface area contributed by atoms with Crippen molar-refractivity contribution in [3.05, 3.63) is 35.9 Å². The maximum Gasteiger partial charge on any atom is 0.311 e. The average Bonchev–Trinajstić information content (AvgIpc) is 3.67. The number of carbonyl (C=O) groups excluding carboxylic acids is 12. The molecule has 0 saturated carbocycles. The standard InChI is InChI=1S/C55H94N16O15/c1-8-55(6,7)54(85)86-25-19-41(74)62-40(28-60)51(82)71-43(31(5)73)53(84)67-35(16-22-58)45(76)66-37-18-24-61-52(83)42(30(4)72)70-48(79)36(17-23-59)64-44(75)33(14-20-56)65-49(80)38(26-29(2)3)68-50(81)39(27-32-12-10-9-11-13-32)69-46(77)34(15-21-57)63-47(37)78/h9-13,29-31,33-40,42-43,72-73H,8,14-28,56-60H2,1-7H3,(H,61,83)(H,62,74)(H,63,78)(H,64,75)(H,65,80)(H,66,76)(H,67,84)(H,68,81)(H,69,77)(H,70,79)(H,71,82)/t30?,31?,33-,34-,35-,36-,37-,38-,39+,40-,42-,43-/m0/s1. The van der Waals surface area contributed by atoms with E-state index >= 15 is 0 Å². The second kappa shape index (κ2) is 37.9. The van der Waals surface area contributed by atoms with Crippen LogP contribution in [0.15, 0.2) is 30.3 Å². The molecule has 1 aliphatic heterocycles. The smallest absolute Gasteiger partial charge is 0.311 e. The van der Waals surface area contributed by atoms with Gasteiger partial charge < -0.3 is 102 Å². The van der Waals surface area contributed by atoms with Crippen LogP contribution in [0.3, 0.4) is 0 Å². The van der Waals surface area contributed by atoms with Crippen LogP contribution in [0, 0.1) is 11.3 Å². The molecule has 1 aromatic carbocycles. The molecule has 2 rings (SSSR count). The summed E-state index contributed by atoms with van der Waals surface area (Å²) < 4.78 is 5.19. The van der Waals surface area contributed by atoms with Crippen molar-refractivity contribution in [1.29, 1.82) is 0 Å². The molecule has 1 aromatic rings. The molecular weight excluding hydrogens is 1120 g/mol. The molecule has 12 atom stereocenters. The minimum atomic E-state index is -1.79. The maximum absolute atomic E-state index is 14.5. The molecule has 31 nitrogen and oxygen atoms in total. The Morgan fingerprint density at radius 2 is 1.14 bits per heavy atom. The molecule has 1 aliphatic rings. The molecule has 0 radical (unpaired) electrons. The predicted molar refractivity (Wildman–Crippen MR) is 313 cm³/mol. The van der Waals surface area contributed by atoms with Crippen LogP contribution in [-0.2, 0) is 68.7 Å². The number of hydrogen-bond donors (Lipinski definition) is 18. The number of ether oxygens (including phenoxy) is 1. The zero-order valence-corrected chi connectivity index (χ0v) is 50.3. The van der Waals surface area contributed by atoms with Gasteiger partial charge in [0.1, 0.15) is 67.0 Å². The fourth-order valence-electron chi connectivity index (χ4n) is 8.51. The molecule has 1 heterocycles. The number of aliphatic hydroxyl groups excluding tert-OH is 2. The Bertz CT molecular complexity index is 2430.